The molecule has 1 aliphatic heterocycles. The summed E-state index contributed by atoms with van der Waals surface area (Å²) in [5.41, 5.74) is 5.55. The molecule has 1 saturated heterocycles. The minimum absolute atomic E-state index is 0.0958. The van der Waals surface area contributed by atoms with E-state index in [1.165, 1.54) is 6.07 Å². The van der Waals surface area contributed by atoms with Gasteiger partial charge in [0.25, 0.3) is 0 Å². The number of hydrogen-bond acceptors (Lipinski definition) is 5. The third-order valence-corrected chi connectivity index (χ3v) is 5.41. The molecule has 5 nitrogen and oxygen atoms in total. The summed E-state index contributed by atoms with van der Waals surface area (Å²) in [6.07, 6.45) is 0. The number of halogens is 1. The molecule has 0 radical (unpaired) electrons. The van der Waals surface area contributed by atoms with E-state index in [-0.39, 0.29) is 10.6 Å². The fourth-order valence-electron chi connectivity index (χ4n) is 1.99. The zero-order chi connectivity index (χ0) is 14.6. The molecule has 112 valence electrons. The molecule has 1 aliphatic rings. The molecule has 1 aromatic rings. The van der Waals surface area contributed by atoms with Gasteiger partial charge in [-0.15, -0.1) is 0 Å². The van der Waals surface area contributed by atoms with Crippen molar-refractivity contribution in [3.8, 4) is 0 Å². The number of benzene rings is 1. The maximum absolute atomic E-state index is 13.2. The van der Waals surface area contributed by atoms with Gasteiger partial charge in [-0.1, -0.05) is 0 Å². The van der Waals surface area contributed by atoms with Crippen molar-refractivity contribution < 1.29 is 12.8 Å². The second kappa shape index (κ2) is 6.75. The number of anilines is 1. The van der Waals surface area contributed by atoms with E-state index in [9.17, 15) is 12.8 Å². The van der Waals surface area contributed by atoms with Gasteiger partial charge in [-0.3, -0.25) is 0 Å². The van der Waals surface area contributed by atoms with Crippen molar-refractivity contribution in [1.29, 1.82) is 0 Å². The molecule has 0 atom stereocenters. The maximum Gasteiger partial charge on any atom is 0.240 e. The van der Waals surface area contributed by atoms with Crippen molar-refractivity contribution >= 4 is 27.5 Å². The van der Waals surface area contributed by atoms with Crippen LogP contribution in [-0.2, 0) is 10.0 Å². The zero-order valence-corrected chi connectivity index (χ0v) is 12.6. The Balaban J connectivity index is 1.93. The SMILES string of the molecule is Nc1cc(F)cc(S(=O)(=O)NCCN2CCSCC2)c1. The van der Waals surface area contributed by atoms with E-state index in [1.807, 2.05) is 11.8 Å². The number of nitrogens with one attached hydrogen (secondary N) is 1. The van der Waals surface area contributed by atoms with Gasteiger partial charge in [0.1, 0.15) is 5.82 Å². The lowest BCUT2D eigenvalue weighted by atomic mass is 10.3. The van der Waals surface area contributed by atoms with Crippen LogP contribution in [0.3, 0.4) is 0 Å². The first-order valence-electron chi connectivity index (χ1n) is 6.33. The van der Waals surface area contributed by atoms with Crippen molar-refractivity contribution in [2.24, 2.45) is 0 Å². The summed E-state index contributed by atoms with van der Waals surface area (Å²) in [6, 6.07) is 3.31. The lowest BCUT2D eigenvalue weighted by molar-refractivity contribution is 0.307. The molecule has 1 aromatic carbocycles. The number of thioether (sulfide) groups is 1. The number of nitrogens with zero attached hydrogens (tertiary/aromatic N) is 1. The van der Waals surface area contributed by atoms with Crippen molar-refractivity contribution in [1.82, 2.24) is 9.62 Å². The van der Waals surface area contributed by atoms with E-state index in [0.717, 1.165) is 36.7 Å². The summed E-state index contributed by atoms with van der Waals surface area (Å²) >= 11 is 1.90. The molecule has 0 aromatic heterocycles. The van der Waals surface area contributed by atoms with Gasteiger partial charge >= 0.3 is 0 Å². The molecule has 0 bridgehead atoms. The predicted molar refractivity (Wildman–Crippen MR) is 79.8 cm³/mol. The molecule has 1 fully saturated rings. The molecule has 0 spiro atoms. The zero-order valence-electron chi connectivity index (χ0n) is 11.0. The quantitative estimate of drug-likeness (QED) is 0.783. The highest BCUT2D eigenvalue weighted by molar-refractivity contribution is 7.99. The van der Waals surface area contributed by atoms with Gasteiger partial charge in [0.15, 0.2) is 0 Å². The molecule has 0 unspecified atom stereocenters. The summed E-state index contributed by atoms with van der Waals surface area (Å²) in [5.74, 6) is 1.50. The van der Waals surface area contributed by atoms with Gasteiger partial charge in [0.2, 0.25) is 10.0 Å². The van der Waals surface area contributed by atoms with Gasteiger partial charge in [-0.05, 0) is 18.2 Å². The van der Waals surface area contributed by atoms with Crippen LogP contribution in [0, 0.1) is 5.82 Å². The van der Waals surface area contributed by atoms with E-state index in [1.54, 1.807) is 0 Å². The van der Waals surface area contributed by atoms with Crippen LogP contribution in [0.15, 0.2) is 23.1 Å². The fourth-order valence-corrected chi connectivity index (χ4v) is 4.05. The van der Waals surface area contributed by atoms with Crippen LogP contribution in [0.2, 0.25) is 0 Å². The second-order valence-corrected chi connectivity index (χ2v) is 7.56. The molecule has 0 saturated carbocycles. The Morgan fingerprint density at radius 1 is 1.30 bits per heavy atom. The van der Waals surface area contributed by atoms with Crippen LogP contribution < -0.4 is 10.5 Å². The van der Waals surface area contributed by atoms with E-state index in [4.69, 9.17) is 5.73 Å². The molecule has 20 heavy (non-hydrogen) atoms. The number of sulfonamides is 1. The molecule has 3 N–H and O–H groups in total. The van der Waals surface area contributed by atoms with Crippen molar-refractivity contribution in [2.75, 3.05) is 43.4 Å². The summed E-state index contributed by atoms with van der Waals surface area (Å²) < 4.78 is 39.7. The summed E-state index contributed by atoms with van der Waals surface area (Å²) in [6.45, 7) is 2.91. The first-order chi connectivity index (χ1) is 9.47. The lowest BCUT2D eigenvalue weighted by Gasteiger charge is -2.25. The van der Waals surface area contributed by atoms with Crippen LogP contribution >= 0.6 is 11.8 Å². The van der Waals surface area contributed by atoms with Crippen molar-refractivity contribution in [2.45, 2.75) is 4.90 Å². The second-order valence-electron chi connectivity index (χ2n) is 4.57. The van der Waals surface area contributed by atoms with Gasteiger partial charge < -0.3 is 10.6 Å². The Morgan fingerprint density at radius 3 is 2.65 bits per heavy atom. The molecule has 0 aliphatic carbocycles. The molecular weight excluding hydrogens is 301 g/mol. The Kier molecular flexibility index (Phi) is 5.25. The van der Waals surface area contributed by atoms with E-state index in [2.05, 4.69) is 9.62 Å². The van der Waals surface area contributed by atoms with Gasteiger partial charge in [-0.2, -0.15) is 11.8 Å². The largest absolute Gasteiger partial charge is 0.399 e. The summed E-state index contributed by atoms with van der Waals surface area (Å²) in [4.78, 5) is 2.07. The third-order valence-electron chi connectivity index (χ3n) is 3.03. The van der Waals surface area contributed by atoms with E-state index in [0.29, 0.717) is 13.1 Å². The normalized spacial score (nSPS) is 17.2. The van der Waals surface area contributed by atoms with Crippen LogP contribution in [-0.4, -0.2) is 51.0 Å². The van der Waals surface area contributed by atoms with Gasteiger partial charge in [0, 0.05) is 43.4 Å². The Bertz CT molecular complexity index is 540. The monoisotopic (exact) mass is 319 g/mol. The van der Waals surface area contributed by atoms with Crippen molar-refractivity contribution in [3.05, 3.63) is 24.0 Å². The smallest absolute Gasteiger partial charge is 0.240 e. The first kappa shape index (κ1) is 15.6. The Hall–Kier alpha value is -0.830. The van der Waals surface area contributed by atoms with Crippen LogP contribution in [0.5, 0.6) is 0 Å². The molecule has 8 heteroatoms. The van der Waals surface area contributed by atoms with Crippen LogP contribution in [0.25, 0.3) is 0 Å². The van der Waals surface area contributed by atoms with Gasteiger partial charge in [-0.25, -0.2) is 17.5 Å². The Labute approximate surface area is 122 Å². The van der Waals surface area contributed by atoms with E-state index < -0.39 is 15.8 Å². The number of nitrogens with two attached hydrogens (primary N) is 1. The topological polar surface area (TPSA) is 75.4 Å². The van der Waals surface area contributed by atoms with Crippen molar-refractivity contribution in [3.63, 3.8) is 0 Å². The minimum atomic E-state index is -3.71. The van der Waals surface area contributed by atoms with E-state index >= 15 is 0 Å². The number of hydrogen-bond donors (Lipinski definition) is 2. The minimum Gasteiger partial charge on any atom is -0.399 e. The number of rotatable bonds is 5. The highest BCUT2D eigenvalue weighted by Crippen LogP contribution is 2.15. The van der Waals surface area contributed by atoms with Crippen LogP contribution in [0.4, 0.5) is 10.1 Å². The molecule has 1 heterocycles. The average molecular weight is 319 g/mol. The average Bonchev–Trinajstić information content (AvgIpc) is 2.38. The Morgan fingerprint density at radius 2 is 2.00 bits per heavy atom. The van der Waals surface area contributed by atoms with Gasteiger partial charge in [0.05, 0.1) is 4.90 Å². The van der Waals surface area contributed by atoms with Crippen LogP contribution in [0.1, 0.15) is 0 Å². The molecule has 0 amide bonds. The highest BCUT2D eigenvalue weighted by atomic mass is 32.2. The number of nitrogen functional groups attached to an aromatic ring is 1. The lowest BCUT2D eigenvalue weighted by Crippen LogP contribution is -2.39. The maximum atomic E-state index is 13.2. The summed E-state index contributed by atoms with van der Waals surface area (Å²) in [7, 11) is -3.71. The molecule has 2 rings (SSSR count). The molecular formula is C12H18FN3O2S2. The third kappa shape index (κ3) is 4.34. The summed E-state index contributed by atoms with van der Waals surface area (Å²) in [5, 5.41) is 0. The first-order valence-corrected chi connectivity index (χ1v) is 8.97. The highest BCUT2D eigenvalue weighted by Gasteiger charge is 2.16. The standard InChI is InChI=1S/C12H18FN3O2S2/c13-10-7-11(14)9-12(8-10)20(17,18)15-1-2-16-3-5-19-6-4-16/h7-9,15H,1-6,14H2. The fraction of sp³-hybridized carbons (Fsp3) is 0.500. The predicted octanol–water partition coefficient (Wildman–Crippen LogP) is 0.735.